The molecule has 0 fully saturated rings. The number of nitrogens with one attached hydrogen (secondary N) is 1. The van der Waals surface area contributed by atoms with Gasteiger partial charge < -0.3 is 16.8 Å². The zero-order valence-corrected chi connectivity index (χ0v) is 30.7. The van der Waals surface area contributed by atoms with E-state index < -0.39 is 5.41 Å². The molecule has 9 rings (SSSR count). The van der Waals surface area contributed by atoms with Gasteiger partial charge in [-0.3, -0.25) is 4.99 Å². The molecule has 0 spiro atoms. The van der Waals surface area contributed by atoms with Gasteiger partial charge in [0.15, 0.2) is 0 Å². The van der Waals surface area contributed by atoms with Gasteiger partial charge in [-0.25, -0.2) is 0 Å². The second-order valence-electron chi connectivity index (χ2n) is 14.1. The van der Waals surface area contributed by atoms with E-state index in [0.29, 0.717) is 0 Å². The van der Waals surface area contributed by atoms with Crippen LogP contribution in [0.25, 0.3) is 11.1 Å². The van der Waals surface area contributed by atoms with Gasteiger partial charge in [-0.1, -0.05) is 182 Å². The van der Waals surface area contributed by atoms with Gasteiger partial charge in [0.1, 0.15) is 5.84 Å². The lowest BCUT2D eigenvalue weighted by Crippen LogP contribution is -2.35. The highest BCUT2D eigenvalue weighted by molar-refractivity contribution is 7.99. The van der Waals surface area contributed by atoms with Crippen molar-refractivity contribution in [3.63, 3.8) is 0 Å². The van der Waals surface area contributed by atoms with E-state index in [1.54, 1.807) is 11.8 Å². The van der Waals surface area contributed by atoms with Crippen molar-refractivity contribution in [3.8, 4) is 11.1 Å². The third-order valence-electron chi connectivity index (χ3n) is 11.0. The van der Waals surface area contributed by atoms with Crippen molar-refractivity contribution < 1.29 is 0 Å². The average molecular weight is 719 g/mol. The van der Waals surface area contributed by atoms with Crippen LogP contribution >= 0.6 is 11.8 Å². The van der Waals surface area contributed by atoms with E-state index in [1.807, 2.05) is 30.3 Å². The molecule has 1 aliphatic carbocycles. The number of thioether (sulfide) groups is 1. The van der Waals surface area contributed by atoms with Crippen molar-refractivity contribution in [2.45, 2.75) is 34.7 Å². The highest BCUT2D eigenvalue weighted by Crippen LogP contribution is 2.58. The molecule has 2 aliphatic rings. The fourth-order valence-electron chi connectivity index (χ4n) is 8.57. The van der Waals surface area contributed by atoms with Crippen molar-refractivity contribution in [2.75, 3.05) is 0 Å². The number of amidine groups is 1. The normalized spacial score (nSPS) is 18.1. The standard InChI is InChI=1S/C49H42N4S/c50-46(34-19-7-2-8-20-34)54-47(51)35-21-15-22-36(31-35)48-52-43(33-17-5-1-6-18-33)32-44(53-48)40-28-16-30-42-45(40)39-27-13-14-29-41(39)49(42,37-23-9-3-10-24-37)38-25-11-4-12-26-38/h1-31,43-44,46-47H,32,50-51H2,(H,52,53). The Hall–Kier alpha value is -5.72. The maximum atomic E-state index is 6.82. The number of benzene rings is 7. The minimum absolute atomic E-state index is 0.00809. The van der Waals surface area contributed by atoms with E-state index in [-0.39, 0.29) is 22.8 Å². The molecule has 4 atom stereocenters. The zero-order chi connectivity index (χ0) is 36.5. The van der Waals surface area contributed by atoms with Gasteiger partial charge in [0.2, 0.25) is 0 Å². The lowest BCUT2D eigenvalue weighted by atomic mass is 9.67. The minimum Gasteiger partial charge on any atom is -0.363 e. The van der Waals surface area contributed by atoms with Crippen LogP contribution in [-0.4, -0.2) is 5.84 Å². The van der Waals surface area contributed by atoms with Crippen LogP contribution in [0, 0.1) is 0 Å². The molecule has 7 aromatic rings. The van der Waals surface area contributed by atoms with Crippen LogP contribution in [0.1, 0.15) is 79.3 Å². The Bertz CT molecular complexity index is 2370. The molecule has 5 N–H and O–H groups in total. The third-order valence-corrected chi connectivity index (χ3v) is 12.2. The van der Waals surface area contributed by atoms with E-state index in [4.69, 9.17) is 16.5 Å². The third kappa shape index (κ3) is 6.05. The summed E-state index contributed by atoms with van der Waals surface area (Å²) < 4.78 is 0. The number of nitrogens with two attached hydrogens (primary N) is 2. The van der Waals surface area contributed by atoms with Crippen molar-refractivity contribution >= 4 is 17.6 Å². The number of aliphatic imine (C=N–C) groups is 1. The molecule has 5 heteroatoms. The topological polar surface area (TPSA) is 76.4 Å². The first-order valence-electron chi connectivity index (χ1n) is 18.7. The largest absolute Gasteiger partial charge is 0.363 e. The van der Waals surface area contributed by atoms with Crippen LogP contribution in [0.2, 0.25) is 0 Å². The van der Waals surface area contributed by atoms with Crippen LogP contribution < -0.4 is 16.8 Å². The van der Waals surface area contributed by atoms with Crippen molar-refractivity contribution in [1.82, 2.24) is 5.32 Å². The summed E-state index contributed by atoms with van der Waals surface area (Å²) in [7, 11) is 0. The number of hydrogen-bond acceptors (Lipinski definition) is 5. The van der Waals surface area contributed by atoms with E-state index in [9.17, 15) is 0 Å². The monoisotopic (exact) mass is 718 g/mol. The first-order chi connectivity index (χ1) is 26.6. The zero-order valence-electron chi connectivity index (χ0n) is 29.9. The molecule has 7 aromatic carbocycles. The van der Waals surface area contributed by atoms with E-state index in [0.717, 1.165) is 28.9 Å². The summed E-state index contributed by atoms with van der Waals surface area (Å²) in [6, 6.07) is 67.1. The minimum atomic E-state index is -0.461. The Morgan fingerprint density at radius 2 is 1.13 bits per heavy atom. The summed E-state index contributed by atoms with van der Waals surface area (Å²) >= 11 is 1.55. The lowest BCUT2D eigenvalue weighted by molar-refractivity contribution is 0.491. The Morgan fingerprint density at radius 3 is 1.83 bits per heavy atom. The van der Waals surface area contributed by atoms with E-state index >= 15 is 0 Å². The molecule has 264 valence electrons. The Morgan fingerprint density at radius 1 is 0.574 bits per heavy atom. The second-order valence-corrected chi connectivity index (χ2v) is 15.4. The highest BCUT2D eigenvalue weighted by atomic mass is 32.2. The maximum absolute atomic E-state index is 6.82. The summed E-state index contributed by atoms with van der Waals surface area (Å²) in [6.07, 6.45) is 0.816. The van der Waals surface area contributed by atoms with Crippen molar-refractivity contribution in [1.29, 1.82) is 0 Å². The van der Waals surface area contributed by atoms with Crippen molar-refractivity contribution in [3.05, 3.63) is 238 Å². The predicted octanol–water partition coefficient (Wildman–Crippen LogP) is 10.6. The van der Waals surface area contributed by atoms with Crippen molar-refractivity contribution in [2.24, 2.45) is 16.5 Å². The Balaban J connectivity index is 1.15. The van der Waals surface area contributed by atoms with Gasteiger partial charge in [0, 0.05) is 5.56 Å². The quantitative estimate of drug-likeness (QED) is 0.130. The van der Waals surface area contributed by atoms with Gasteiger partial charge >= 0.3 is 0 Å². The summed E-state index contributed by atoms with van der Waals surface area (Å²) in [6.45, 7) is 0. The molecule has 0 bridgehead atoms. The summed E-state index contributed by atoms with van der Waals surface area (Å²) in [5.41, 5.74) is 26.2. The molecule has 0 radical (unpaired) electrons. The van der Waals surface area contributed by atoms with Gasteiger partial charge in [-0.05, 0) is 68.1 Å². The molecule has 1 aliphatic heterocycles. The number of rotatable bonds is 9. The average Bonchev–Trinajstić information content (AvgIpc) is 3.56. The van der Waals surface area contributed by atoms with E-state index in [2.05, 4.69) is 163 Å². The summed E-state index contributed by atoms with van der Waals surface area (Å²) in [4.78, 5) is 5.40. The van der Waals surface area contributed by atoms with Gasteiger partial charge in [-0.2, -0.15) is 0 Å². The van der Waals surface area contributed by atoms with Gasteiger partial charge in [-0.15, -0.1) is 11.8 Å². The molecule has 1 heterocycles. The molecule has 0 saturated heterocycles. The number of fused-ring (bicyclic) bond motifs is 3. The smallest absolute Gasteiger partial charge is 0.129 e. The van der Waals surface area contributed by atoms with Crippen LogP contribution in [0.5, 0.6) is 0 Å². The van der Waals surface area contributed by atoms with Crippen LogP contribution in [0.15, 0.2) is 193 Å². The molecule has 0 aromatic heterocycles. The molecule has 54 heavy (non-hydrogen) atoms. The summed E-state index contributed by atoms with van der Waals surface area (Å²) in [5.74, 6) is 0.868. The van der Waals surface area contributed by atoms with Gasteiger partial charge in [0.05, 0.1) is 28.2 Å². The van der Waals surface area contributed by atoms with Crippen LogP contribution in [-0.2, 0) is 5.41 Å². The maximum Gasteiger partial charge on any atom is 0.129 e. The molecular formula is C49H42N4S. The fraction of sp³-hybridized carbons (Fsp3) is 0.122. The van der Waals surface area contributed by atoms with Crippen LogP contribution in [0.4, 0.5) is 0 Å². The van der Waals surface area contributed by atoms with Crippen LogP contribution in [0.3, 0.4) is 0 Å². The van der Waals surface area contributed by atoms with Gasteiger partial charge in [0.25, 0.3) is 0 Å². The first kappa shape index (κ1) is 34.1. The number of hydrogen-bond donors (Lipinski definition) is 3. The predicted molar refractivity (Wildman–Crippen MR) is 224 cm³/mol. The first-order valence-corrected chi connectivity index (χ1v) is 19.6. The molecule has 0 saturated carbocycles. The fourth-order valence-corrected chi connectivity index (χ4v) is 9.51. The Kier molecular flexibility index (Phi) is 9.21. The molecule has 4 unspecified atom stereocenters. The lowest BCUT2D eigenvalue weighted by Gasteiger charge is -2.35. The molecule has 0 amide bonds. The highest BCUT2D eigenvalue weighted by Gasteiger charge is 2.47. The van der Waals surface area contributed by atoms with E-state index in [1.165, 1.54) is 44.5 Å². The molecule has 4 nitrogen and oxygen atoms in total. The number of nitrogens with zero attached hydrogens (tertiary/aromatic N) is 1. The second kappa shape index (κ2) is 14.6. The molecular weight excluding hydrogens is 677 g/mol. The summed E-state index contributed by atoms with van der Waals surface area (Å²) in [5, 5.41) is 3.43. The Labute approximate surface area is 322 Å². The SMILES string of the molecule is NC(SC(N)c1cccc(C2=NC(c3ccccc3)CC(c3cccc4c3-c3ccccc3C4(c3ccccc3)c3ccccc3)N2)c1)c1ccccc1.